The average Bonchev–Trinajstić information content (AvgIpc) is 2.90. The van der Waals surface area contributed by atoms with E-state index in [4.69, 9.17) is 4.74 Å². The van der Waals surface area contributed by atoms with Crippen molar-refractivity contribution in [3.05, 3.63) is 29.6 Å². The van der Waals surface area contributed by atoms with E-state index in [0.717, 1.165) is 63.1 Å². The molecule has 4 rings (SSSR count). The zero-order valence-corrected chi connectivity index (χ0v) is 17.5. The molecule has 1 saturated heterocycles. The Morgan fingerprint density at radius 1 is 1.28 bits per heavy atom. The van der Waals surface area contributed by atoms with Crippen LogP contribution in [-0.2, 0) is 5.41 Å². The molecule has 1 aliphatic carbocycles. The fourth-order valence-corrected chi connectivity index (χ4v) is 5.34. The van der Waals surface area contributed by atoms with Gasteiger partial charge in [0.05, 0.1) is 6.61 Å². The molecule has 2 atom stereocenters. The number of likely N-dealkylation sites (tertiary alicyclic amines) is 1. The zero-order valence-electron chi connectivity index (χ0n) is 17.5. The van der Waals surface area contributed by atoms with Gasteiger partial charge in [-0.1, -0.05) is 19.8 Å². The van der Waals surface area contributed by atoms with Crippen molar-refractivity contribution in [1.82, 2.24) is 15.5 Å². The lowest BCUT2D eigenvalue weighted by Gasteiger charge is -2.42. The summed E-state index contributed by atoms with van der Waals surface area (Å²) >= 11 is 0. The van der Waals surface area contributed by atoms with Crippen molar-refractivity contribution in [1.29, 1.82) is 0 Å². The number of urea groups is 1. The second-order valence-electron chi connectivity index (χ2n) is 9.02. The highest BCUT2D eigenvalue weighted by Gasteiger charge is 2.44. The van der Waals surface area contributed by atoms with Gasteiger partial charge >= 0.3 is 6.03 Å². The van der Waals surface area contributed by atoms with Gasteiger partial charge in [0.2, 0.25) is 0 Å². The van der Waals surface area contributed by atoms with Crippen LogP contribution in [-0.4, -0.2) is 49.3 Å². The van der Waals surface area contributed by atoms with Crippen molar-refractivity contribution in [3.8, 4) is 5.75 Å². The average molecular weight is 404 g/mol. The van der Waals surface area contributed by atoms with Crippen LogP contribution in [0.3, 0.4) is 0 Å². The molecule has 1 aromatic carbocycles. The van der Waals surface area contributed by atoms with Crippen molar-refractivity contribution in [3.63, 3.8) is 0 Å². The van der Waals surface area contributed by atoms with Gasteiger partial charge in [-0.2, -0.15) is 0 Å². The van der Waals surface area contributed by atoms with Crippen LogP contribution in [0.2, 0.25) is 0 Å². The number of nitrogens with zero attached hydrogens (tertiary/aromatic N) is 1. The Balaban J connectivity index is 1.36. The molecule has 0 radical (unpaired) electrons. The molecule has 1 aromatic rings. The lowest BCUT2D eigenvalue weighted by atomic mass is 9.74. The number of benzene rings is 1. The number of carbonyl (C=O) groups is 1. The van der Waals surface area contributed by atoms with Crippen LogP contribution in [0.15, 0.2) is 18.2 Å². The SMILES string of the molecule is CCCNC(=O)NC1CCCCC(N2CCC3(CC2)COc2ccc(F)cc23)C1. The number of carbonyl (C=O) groups excluding carboxylic acids is 1. The molecule has 5 nitrogen and oxygen atoms in total. The summed E-state index contributed by atoms with van der Waals surface area (Å²) in [6.45, 7) is 5.48. The molecular formula is C23H34FN3O2. The number of amides is 2. The summed E-state index contributed by atoms with van der Waals surface area (Å²) in [5.41, 5.74) is 1.03. The van der Waals surface area contributed by atoms with E-state index in [9.17, 15) is 9.18 Å². The topological polar surface area (TPSA) is 53.6 Å². The van der Waals surface area contributed by atoms with Crippen molar-refractivity contribution >= 4 is 6.03 Å². The number of hydrogen-bond donors (Lipinski definition) is 2. The molecule has 2 fully saturated rings. The first kappa shape index (κ1) is 20.5. The third kappa shape index (κ3) is 4.52. The van der Waals surface area contributed by atoms with E-state index >= 15 is 0 Å². The minimum atomic E-state index is -0.171. The molecule has 29 heavy (non-hydrogen) atoms. The molecule has 6 heteroatoms. The summed E-state index contributed by atoms with van der Waals surface area (Å²) in [5.74, 6) is 0.687. The van der Waals surface area contributed by atoms with Crippen molar-refractivity contribution in [2.24, 2.45) is 0 Å². The van der Waals surface area contributed by atoms with Gasteiger partial charge in [-0.3, -0.25) is 0 Å². The fraction of sp³-hybridized carbons (Fsp3) is 0.696. The van der Waals surface area contributed by atoms with Crippen LogP contribution >= 0.6 is 0 Å². The normalized spacial score (nSPS) is 26.4. The maximum atomic E-state index is 13.8. The number of halogens is 1. The van der Waals surface area contributed by atoms with Crippen LogP contribution in [0.4, 0.5) is 9.18 Å². The highest BCUT2D eigenvalue weighted by atomic mass is 19.1. The quantitative estimate of drug-likeness (QED) is 0.748. The first-order chi connectivity index (χ1) is 14.1. The smallest absolute Gasteiger partial charge is 0.315 e. The number of ether oxygens (including phenoxy) is 1. The molecule has 0 bridgehead atoms. The molecule has 160 valence electrons. The van der Waals surface area contributed by atoms with Gasteiger partial charge in [0.25, 0.3) is 0 Å². The van der Waals surface area contributed by atoms with Crippen LogP contribution in [0.5, 0.6) is 5.75 Å². The van der Waals surface area contributed by atoms with Gasteiger partial charge in [0.15, 0.2) is 0 Å². The largest absolute Gasteiger partial charge is 0.492 e. The second kappa shape index (κ2) is 8.90. The van der Waals surface area contributed by atoms with Crippen LogP contribution in [0.25, 0.3) is 0 Å². The minimum absolute atomic E-state index is 0.0307. The van der Waals surface area contributed by atoms with E-state index in [-0.39, 0.29) is 23.3 Å². The van der Waals surface area contributed by atoms with E-state index in [1.165, 1.54) is 25.3 Å². The Morgan fingerprint density at radius 2 is 2.07 bits per heavy atom. The summed E-state index contributed by atoms with van der Waals surface area (Å²) in [7, 11) is 0. The van der Waals surface area contributed by atoms with E-state index < -0.39 is 0 Å². The summed E-state index contributed by atoms with van der Waals surface area (Å²) < 4.78 is 19.7. The highest BCUT2D eigenvalue weighted by Crippen LogP contribution is 2.46. The maximum Gasteiger partial charge on any atom is 0.315 e. The number of piperidine rings is 1. The van der Waals surface area contributed by atoms with Gasteiger partial charge in [0.1, 0.15) is 11.6 Å². The molecule has 1 saturated carbocycles. The zero-order chi connectivity index (χ0) is 20.3. The Morgan fingerprint density at radius 3 is 2.86 bits per heavy atom. The highest BCUT2D eigenvalue weighted by molar-refractivity contribution is 5.74. The van der Waals surface area contributed by atoms with Crippen molar-refractivity contribution in [2.45, 2.75) is 75.8 Å². The Hall–Kier alpha value is -1.82. The number of fused-ring (bicyclic) bond motifs is 2. The van der Waals surface area contributed by atoms with Gasteiger partial charge in [-0.25, -0.2) is 9.18 Å². The van der Waals surface area contributed by atoms with E-state index in [1.807, 2.05) is 0 Å². The number of rotatable bonds is 4. The Bertz CT molecular complexity index is 718. The number of hydrogen-bond acceptors (Lipinski definition) is 3. The van der Waals surface area contributed by atoms with Gasteiger partial charge < -0.3 is 20.3 Å². The monoisotopic (exact) mass is 403 g/mol. The minimum Gasteiger partial charge on any atom is -0.492 e. The summed E-state index contributed by atoms with van der Waals surface area (Å²) in [6.07, 6.45) is 8.65. The van der Waals surface area contributed by atoms with Crippen LogP contribution < -0.4 is 15.4 Å². The lowest BCUT2D eigenvalue weighted by Crippen LogP contribution is -2.50. The maximum absolute atomic E-state index is 13.8. The van der Waals surface area contributed by atoms with Crippen LogP contribution in [0, 0.1) is 5.82 Å². The van der Waals surface area contributed by atoms with Crippen molar-refractivity contribution in [2.75, 3.05) is 26.2 Å². The molecule has 0 aromatic heterocycles. The first-order valence-corrected chi connectivity index (χ1v) is 11.3. The molecule has 2 heterocycles. The molecule has 2 unspecified atom stereocenters. The molecule has 1 spiro atoms. The lowest BCUT2D eigenvalue weighted by molar-refractivity contribution is 0.0897. The predicted molar refractivity (Wildman–Crippen MR) is 112 cm³/mol. The third-order valence-electron chi connectivity index (χ3n) is 7.06. The summed E-state index contributed by atoms with van der Waals surface area (Å²) in [4.78, 5) is 14.7. The van der Waals surface area contributed by atoms with E-state index in [1.54, 1.807) is 12.1 Å². The standard InChI is InChI=1S/C23H34FN3O2/c1-2-11-25-22(28)26-18-5-3-4-6-19(15-18)27-12-9-23(10-13-27)16-29-21-8-7-17(24)14-20(21)23/h7-8,14,18-19H,2-6,9-13,15-16H2,1H3,(H2,25,26,28). The Kier molecular flexibility index (Phi) is 6.28. The molecule has 2 amide bonds. The fourth-order valence-electron chi connectivity index (χ4n) is 5.34. The third-order valence-corrected chi connectivity index (χ3v) is 7.06. The first-order valence-electron chi connectivity index (χ1n) is 11.3. The second-order valence-corrected chi connectivity index (χ2v) is 9.02. The molecule has 3 aliphatic rings. The summed E-state index contributed by atoms with van der Waals surface area (Å²) in [5, 5.41) is 6.13. The van der Waals surface area contributed by atoms with E-state index in [2.05, 4.69) is 22.5 Å². The van der Waals surface area contributed by atoms with E-state index in [0.29, 0.717) is 12.6 Å². The van der Waals surface area contributed by atoms with Crippen LogP contribution in [0.1, 0.15) is 63.9 Å². The van der Waals surface area contributed by atoms with Crippen molar-refractivity contribution < 1.29 is 13.9 Å². The molecule has 2 aliphatic heterocycles. The summed E-state index contributed by atoms with van der Waals surface area (Å²) in [6, 6.07) is 5.68. The van der Waals surface area contributed by atoms with Gasteiger partial charge in [0, 0.05) is 29.6 Å². The molecular weight excluding hydrogens is 369 g/mol. The Labute approximate surface area is 173 Å². The number of nitrogens with one attached hydrogen (secondary N) is 2. The molecule has 2 N–H and O–H groups in total. The van der Waals surface area contributed by atoms with Gasteiger partial charge in [-0.15, -0.1) is 0 Å². The predicted octanol–water partition coefficient (Wildman–Crippen LogP) is 3.96. The van der Waals surface area contributed by atoms with Gasteiger partial charge in [-0.05, 0) is 69.8 Å².